The van der Waals surface area contributed by atoms with Gasteiger partial charge in [0.15, 0.2) is 0 Å². The monoisotopic (exact) mass is 258 g/mol. The number of carbonyl (C=O) groups excluding carboxylic acids is 1. The number of ether oxygens (including phenoxy) is 2. The van der Waals surface area contributed by atoms with Gasteiger partial charge in [0.25, 0.3) is 0 Å². The molecule has 2 unspecified atom stereocenters. The number of hydrogen-bond acceptors (Lipinski definition) is 4. The van der Waals surface area contributed by atoms with Gasteiger partial charge in [-0.1, -0.05) is 29.8 Å². The maximum Gasteiger partial charge on any atom is 0.338 e. The highest BCUT2D eigenvalue weighted by molar-refractivity contribution is 8.00. The van der Waals surface area contributed by atoms with E-state index in [1.54, 1.807) is 36.0 Å². The number of benzene rings is 1. The molecule has 0 saturated carbocycles. The average molecular weight is 259 g/mol. The molecule has 0 amide bonds. The van der Waals surface area contributed by atoms with Crippen molar-refractivity contribution in [3.8, 4) is 0 Å². The first kappa shape index (κ1) is 11.8. The fourth-order valence-electron chi connectivity index (χ4n) is 1.31. The third-order valence-electron chi connectivity index (χ3n) is 2.07. The van der Waals surface area contributed by atoms with Crippen molar-refractivity contribution in [1.29, 1.82) is 0 Å². The number of rotatable bonds is 3. The Hall–Kier alpha value is -0.710. The molecule has 0 spiro atoms. The van der Waals surface area contributed by atoms with Crippen LogP contribution in [-0.4, -0.2) is 29.3 Å². The maximum absolute atomic E-state index is 11.6. The smallest absolute Gasteiger partial charge is 0.338 e. The molecule has 0 aromatic heterocycles. The van der Waals surface area contributed by atoms with E-state index >= 15 is 0 Å². The molecule has 0 N–H and O–H groups in total. The van der Waals surface area contributed by atoms with E-state index in [0.29, 0.717) is 5.56 Å². The molecule has 2 rings (SSSR count). The molecule has 0 radical (unpaired) electrons. The lowest BCUT2D eigenvalue weighted by molar-refractivity contribution is 0.0246. The molecule has 3 nitrogen and oxygen atoms in total. The second-order valence-corrected chi connectivity index (χ2v) is 4.95. The first-order valence-electron chi connectivity index (χ1n) is 4.89. The summed E-state index contributed by atoms with van der Waals surface area (Å²) in [5.41, 5.74) is 0.133. The molecule has 0 aliphatic carbocycles. The van der Waals surface area contributed by atoms with Gasteiger partial charge in [-0.3, -0.25) is 0 Å². The minimum atomic E-state index is -0.331. The summed E-state index contributed by atoms with van der Waals surface area (Å²) in [6.07, 6.45) is 0. The summed E-state index contributed by atoms with van der Waals surface area (Å²) in [5, 5.41) is 0. The zero-order valence-corrected chi connectivity index (χ0v) is 10.0. The van der Waals surface area contributed by atoms with E-state index in [1.807, 2.05) is 6.07 Å². The molecule has 1 saturated heterocycles. The molecule has 1 aliphatic rings. The Morgan fingerprint density at radius 2 is 2.25 bits per heavy atom. The Labute approximate surface area is 103 Å². The number of hydrogen-bond donors (Lipinski definition) is 0. The molecule has 1 aromatic carbocycles. The average Bonchev–Trinajstić information content (AvgIpc) is 2.73. The SMILES string of the molecule is O=C(OCC1OC(Cl)CS1)c1ccccc1. The van der Waals surface area contributed by atoms with Crippen LogP contribution in [0, 0.1) is 0 Å². The lowest BCUT2D eigenvalue weighted by Gasteiger charge is -2.10. The number of halogens is 1. The molecule has 16 heavy (non-hydrogen) atoms. The van der Waals surface area contributed by atoms with Crippen LogP contribution < -0.4 is 0 Å². The van der Waals surface area contributed by atoms with Crippen LogP contribution in [0.2, 0.25) is 0 Å². The Bertz CT molecular complexity index is 358. The zero-order chi connectivity index (χ0) is 11.4. The van der Waals surface area contributed by atoms with Gasteiger partial charge in [-0.05, 0) is 12.1 Å². The molecule has 1 heterocycles. The van der Waals surface area contributed by atoms with Crippen LogP contribution >= 0.6 is 23.4 Å². The fraction of sp³-hybridized carbons (Fsp3) is 0.364. The maximum atomic E-state index is 11.6. The zero-order valence-electron chi connectivity index (χ0n) is 8.47. The topological polar surface area (TPSA) is 35.5 Å². The lowest BCUT2D eigenvalue weighted by atomic mass is 10.2. The van der Waals surface area contributed by atoms with E-state index in [4.69, 9.17) is 21.1 Å². The summed E-state index contributed by atoms with van der Waals surface area (Å²) in [6, 6.07) is 8.88. The molecule has 1 aromatic rings. The highest BCUT2D eigenvalue weighted by Gasteiger charge is 2.25. The Balaban J connectivity index is 1.80. The molecule has 1 aliphatic heterocycles. The molecule has 0 bridgehead atoms. The van der Waals surface area contributed by atoms with Gasteiger partial charge in [0, 0.05) is 5.75 Å². The minimum Gasteiger partial charge on any atom is -0.458 e. The summed E-state index contributed by atoms with van der Waals surface area (Å²) < 4.78 is 10.4. The molecule has 86 valence electrons. The summed E-state index contributed by atoms with van der Waals surface area (Å²) in [6.45, 7) is 0.238. The second kappa shape index (κ2) is 5.57. The number of esters is 1. The molecule has 5 heteroatoms. The number of thioether (sulfide) groups is 1. The van der Waals surface area contributed by atoms with Crippen molar-refractivity contribution in [2.75, 3.05) is 12.4 Å². The Morgan fingerprint density at radius 3 is 2.88 bits per heavy atom. The van der Waals surface area contributed by atoms with E-state index < -0.39 is 0 Å². The third kappa shape index (κ3) is 3.14. The third-order valence-corrected chi connectivity index (χ3v) is 3.63. The first-order chi connectivity index (χ1) is 7.75. The van der Waals surface area contributed by atoms with Crippen molar-refractivity contribution in [2.24, 2.45) is 0 Å². The van der Waals surface area contributed by atoms with E-state index in [9.17, 15) is 4.79 Å². The second-order valence-electron chi connectivity index (χ2n) is 3.27. The van der Waals surface area contributed by atoms with Gasteiger partial charge >= 0.3 is 5.97 Å². The van der Waals surface area contributed by atoms with E-state index in [-0.39, 0.29) is 23.6 Å². The quantitative estimate of drug-likeness (QED) is 0.616. The Morgan fingerprint density at radius 1 is 1.50 bits per heavy atom. The van der Waals surface area contributed by atoms with Gasteiger partial charge in [0.2, 0.25) is 0 Å². The van der Waals surface area contributed by atoms with Crippen LogP contribution in [0.4, 0.5) is 0 Å². The summed E-state index contributed by atoms with van der Waals surface area (Å²) in [7, 11) is 0. The van der Waals surface area contributed by atoms with Gasteiger partial charge in [-0.2, -0.15) is 0 Å². The van der Waals surface area contributed by atoms with Crippen molar-refractivity contribution in [2.45, 2.75) is 11.0 Å². The molecular formula is C11H11ClO3S. The standard InChI is InChI=1S/C11H11ClO3S/c12-9-7-16-10(15-9)6-14-11(13)8-4-2-1-3-5-8/h1-5,9-10H,6-7H2. The van der Waals surface area contributed by atoms with Gasteiger partial charge in [-0.25, -0.2) is 4.79 Å². The van der Waals surface area contributed by atoms with Crippen molar-refractivity contribution in [3.05, 3.63) is 35.9 Å². The minimum absolute atomic E-state index is 0.143. The molecule has 2 atom stereocenters. The number of carbonyl (C=O) groups is 1. The normalized spacial score (nSPS) is 24.3. The van der Waals surface area contributed by atoms with Crippen LogP contribution in [-0.2, 0) is 9.47 Å². The predicted molar refractivity (Wildman–Crippen MR) is 63.7 cm³/mol. The van der Waals surface area contributed by atoms with Crippen molar-refractivity contribution < 1.29 is 14.3 Å². The van der Waals surface area contributed by atoms with E-state index in [2.05, 4.69) is 0 Å². The fourth-order valence-corrected chi connectivity index (χ4v) is 2.54. The van der Waals surface area contributed by atoms with Crippen LogP contribution in [0.5, 0.6) is 0 Å². The van der Waals surface area contributed by atoms with Crippen LogP contribution in [0.15, 0.2) is 30.3 Å². The van der Waals surface area contributed by atoms with Gasteiger partial charge in [0.05, 0.1) is 5.56 Å². The highest BCUT2D eigenvalue weighted by atomic mass is 35.5. The van der Waals surface area contributed by atoms with Gasteiger partial charge < -0.3 is 9.47 Å². The van der Waals surface area contributed by atoms with E-state index in [1.165, 1.54) is 0 Å². The summed E-state index contributed by atoms with van der Waals surface area (Å²) in [5.74, 6) is 0.401. The molecule has 1 fully saturated rings. The predicted octanol–water partition coefficient (Wildman–Crippen LogP) is 2.50. The van der Waals surface area contributed by atoms with Gasteiger partial charge in [-0.15, -0.1) is 11.8 Å². The summed E-state index contributed by atoms with van der Waals surface area (Å²) >= 11 is 7.31. The lowest BCUT2D eigenvalue weighted by Crippen LogP contribution is -2.16. The van der Waals surface area contributed by atoms with Gasteiger partial charge in [0.1, 0.15) is 17.6 Å². The van der Waals surface area contributed by atoms with Crippen LogP contribution in [0.3, 0.4) is 0 Å². The van der Waals surface area contributed by atoms with Crippen LogP contribution in [0.1, 0.15) is 10.4 Å². The highest BCUT2D eigenvalue weighted by Crippen LogP contribution is 2.27. The first-order valence-corrected chi connectivity index (χ1v) is 6.37. The Kier molecular flexibility index (Phi) is 4.09. The van der Waals surface area contributed by atoms with Crippen molar-refractivity contribution in [3.63, 3.8) is 0 Å². The molecular weight excluding hydrogens is 248 g/mol. The summed E-state index contributed by atoms with van der Waals surface area (Å²) in [4.78, 5) is 11.6. The van der Waals surface area contributed by atoms with Crippen molar-refractivity contribution >= 4 is 29.3 Å². The largest absolute Gasteiger partial charge is 0.458 e. The number of alkyl halides is 1. The van der Waals surface area contributed by atoms with E-state index in [0.717, 1.165) is 5.75 Å². The van der Waals surface area contributed by atoms with Crippen molar-refractivity contribution in [1.82, 2.24) is 0 Å². The van der Waals surface area contributed by atoms with Crippen LogP contribution in [0.25, 0.3) is 0 Å².